The number of benzene rings is 2. The molecule has 6 nitrogen and oxygen atoms in total. The second-order valence-electron chi connectivity index (χ2n) is 5.78. The molecule has 2 aromatic rings. The fourth-order valence-electron chi connectivity index (χ4n) is 2.47. The van der Waals surface area contributed by atoms with Gasteiger partial charge in [-0.15, -0.1) is 0 Å². The molecule has 1 N–H and O–H groups in total. The molecule has 0 bridgehead atoms. The number of nitro groups is 1. The second-order valence-corrected chi connectivity index (χ2v) is 5.78. The first-order valence-corrected chi connectivity index (χ1v) is 7.87. The van der Waals surface area contributed by atoms with Crippen molar-refractivity contribution < 1.29 is 14.1 Å². The Labute approximate surface area is 145 Å². The Balaban J connectivity index is 1.78. The Kier molecular flexibility index (Phi) is 6.59. The first-order valence-electron chi connectivity index (χ1n) is 7.87. The van der Waals surface area contributed by atoms with E-state index in [-0.39, 0.29) is 24.0 Å². The Morgan fingerprint density at radius 1 is 1.20 bits per heavy atom. The topological polar surface area (TPSA) is 75.5 Å². The Bertz CT molecular complexity index is 735. The van der Waals surface area contributed by atoms with E-state index in [2.05, 4.69) is 5.32 Å². The number of carbonyl (C=O) groups excluding carboxylic acids is 1. The quantitative estimate of drug-likeness (QED) is 0.589. The summed E-state index contributed by atoms with van der Waals surface area (Å²) >= 11 is 0. The smallest absolute Gasteiger partial charge is 0.273 e. The summed E-state index contributed by atoms with van der Waals surface area (Å²) in [5.41, 5.74) is 1.55. The van der Waals surface area contributed by atoms with Gasteiger partial charge < -0.3 is 5.32 Å². The van der Waals surface area contributed by atoms with E-state index < -0.39 is 4.92 Å². The zero-order valence-electron chi connectivity index (χ0n) is 13.9. The monoisotopic (exact) mass is 345 g/mol. The van der Waals surface area contributed by atoms with Crippen molar-refractivity contribution in [1.29, 1.82) is 0 Å². The maximum atomic E-state index is 12.8. The summed E-state index contributed by atoms with van der Waals surface area (Å²) in [6.07, 6.45) is 0.611. The number of carbonyl (C=O) groups is 1. The molecule has 0 radical (unpaired) electrons. The summed E-state index contributed by atoms with van der Waals surface area (Å²) in [6, 6.07) is 12.6. The largest absolute Gasteiger partial charge is 0.355 e. The highest BCUT2D eigenvalue weighted by molar-refractivity contribution is 5.78. The van der Waals surface area contributed by atoms with Gasteiger partial charge in [0.1, 0.15) is 5.82 Å². The number of nitrogens with one attached hydrogen (secondary N) is 1. The molecule has 0 aromatic heterocycles. The molecule has 0 fully saturated rings. The van der Waals surface area contributed by atoms with Crippen LogP contribution < -0.4 is 5.32 Å². The molecule has 0 spiro atoms. The van der Waals surface area contributed by atoms with Crippen LogP contribution in [0.25, 0.3) is 0 Å². The van der Waals surface area contributed by atoms with E-state index in [9.17, 15) is 19.3 Å². The minimum absolute atomic E-state index is 0.0473. The Hall–Kier alpha value is -2.80. The van der Waals surface area contributed by atoms with E-state index in [0.717, 1.165) is 5.56 Å². The lowest BCUT2D eigenvalue weighted by Crippen LogP contribution is -2.35. The molecule has 0 aliphatic heterocycles. The molecule has 7 heteroatoms. The van der Waals surface area contributed by atoms with Gasteiger partial charge in [0.05, 0.1) is 11.5 Å². The molecular formula is C18H20FN3O3. The number of amides is 1. The van der Waals surface area contributed by atoms with E-state index in [0.29, 0.717) is 25.1 Å². The lowest BCUT2D eigenvalue weighted by atomic mass is 10.1. The lowest BCUT2D eigenvalue weighted by Gasteiger charge is -2.16. The maximum Gasteiger partial charge on any atom is 0.273 e. The van der Waals surface area contributed by atoms with E-state index in [1.165, 1.54) is 18.2 Å². The van der Waals surface area contributed by atoms with E-state index >= 15 is 0 Å². The van der Waals surface area contributed by atoms with Crippen molar-refractivity contribution in [2.24, 2.45) is 0 Å². The van der Waals surface area contributed by atoms with Crippen LogP contribution in [0.1, 0.15) is 11.1 Å². The van der Waals surface area contributed by atoms with Crippen LogP contribution >= 0.6 is 0 Å². The van der Waals surface area contributed by atoms with Crippen molar-refractivity contribution in [2.45, 2.75) is 13.0 Å². The lowest BCUT2D eigenvalue weighted by molar-refractivity contribution is -0.385. The van der Waals surface area contributed by atoms with Crippen molar-refractivity contribution >= 4 is 11.6 Å². The van der Waals surface area contributed by atoms with Gasteiger partial charge in [-0.05, 0) is 31.2 Å². The minimum atomic E-state index is -0.425. The molecule has 2 rings (SSSR count). The van der Waals surface area contributed by atoms with Crippen LogP contribution in [-0.4, -0.2) is 35.9 Å². The molecule has 0 saturated heterocycles. The third-order valence-corrected chi connectivity index (χ3v) is 3.69. The number of nitrogens with zero attached hydrogens (tertiary/aromatic N) is 2. The molecule has 0 aliphatic carbocycles. The molecule has 132 valence electrons. The Morgan fingerprint density at radius 2 is 1.88 bits per heavy atom. The fraction of sp³-hybridized carbons (Fsp3) is 0.278. The number of likely N-dealkylation sites (N-methyl/N-ethyl adjacent to an activating group) is 1. The van der Waals surface area contributed by atoms with Crippen molar-refractivity contribution in [2.75, 3.05) is 20.1 Å². The van der Waals surface area contributed by atoms with Gasteiger partial charge in [-0.1, -0.05) is 30.3 Å². The van der Waals surface area contributed by atoms with Gasteiger partial charge in [-0.25, -0.2) is 4.39 Å². The van der Waals surface area contributed by atoms with Crippen molar-refractivity contribution in [3.05, 3.63) is 75.6 Å². The van der Waals surface area contributed by atoms with E-state index in [1.54, 1.807) is 42.3 Å². The number of halogens is 1. The predicted octanol–water partition coefficient (Wildman–Crippen LogP) is 2.52. The molecule has 0 atom stereocenters. The highest BCUT2D eigenvalue weighted by Crippen LogP contribution is 2.18. The van der Waals surface area contributed by atoms with Gasteiger partial charge in [0, 0.05) is 24.7 Å². The normalized spacial score (nSPS) is 10.7. The van der Waals surface area contributed by atoms with Gasteiger partial charge >= 0.3 is 0 Å². The van der Waals surface area contributed by atoms with Crippen molar-refractivity contribution in [1.82, 2.24) is 10.2 Å². The van der Waals surface area contributed by atoms with E-state index in [4.69, 9.17) is 0 Å². The third kappa shape index (κ3) is 5.96. The SMILES string of the molecule is CN(CC(=O)NCCc1ccc(F)cc1)Cc1ccccc1[N+](=O)[O-]. The molecular weight excluding hydrogens is 325 g/mol. The van der Waals surface area contributed by atoms with Gasteiger partial charge in [0.25, 0.3) is 5.69 Å². The summed E-state index contributed by atoms with van der Waals surface area (Å²) in [6.45, 7) is 0.891. The van der Waals surface area contributed by atoms with Crippen LogP contribution in [-0.2, 0) is 17.8 Å². The number of hydrogen-bond donors (Lipinski definition) is 1. The number of rotatable bonds is 8. The van der Waals surface area contributed by atoms with Crippen molar-refractivity contribution in [3.8, 4) is 0 Å². The molecule has 0 aliphatic rings. The van der Waals surface area contributed by atoms with Crippen LogP contribution in [0.15, 0.2) is 48.5 Å². The van der Waals surface area contributed by atoms with Crippen LogP contribution in [0.3, 0.4) is 0 Å². The zero-order valence-corrected chi connectivity index (χ0v) is 13.9. The minimum Gasteiger partial charge on any atom is -0.355 e. The predicted molar refractivity (Wildman–Crippen MR) is 92.5 cm³/mol. The molecule has 0 heterocycles. The van der Waals surface area contributed by atoms with Crippen molar-refractivity contribution in [3.63, 3.8) is 0 Å². The average molecular weight is 345 g/mol. The first-order chi connectivity index (χ1) is 12.0. The molecule has 0 saturated carbocycles. The summed E-state index contributed by atoms with van der Waals surface area (Å²) in [4.78, 5) is 24.3. The van der Waals surface area contributed by atoms with Crippen LogP contribution in [0.5, 0.6) is 0 Å². The van der Waals surface area contributed by atoms with Crippen LogP contribution in [0, 0.1) is 15.9 Å². The second kappa shape index (κ2) is 8.89. The van der Waals surface area contributed by atoms with Gasteiger partial charge in [0.2, 0.25) is 5.91 Å². The average Bonchev–Trinajstić information content (AvgIpc) is 2.57. The molecule has 2 aromatic carbocycles. The highest BCUT2D eigenvalue weighted by atomic mass is 19.1. The standard InChI is InChI=1S/C18H20FN3O3/c1-21(12-15-4-2-3-5-17(15)22(24)25)13-18(23)20-11-10-14-6-8-16(19)9-7-14/h2-9H,10-13H2,1H3,(H,20,23). The zero-order chi connectivity index (χ0) is 18.2. The summed E-state index contributed by atoms with van der Waals surface area (Å²) in [5, 5.41) is 13.8. The van der Waals surface area contributed by atoms with Gasteiger partial charge in [0.15, 0.2) is 0 Å². The van der Waals surface area contributed by atoms with Gasteiger partial charge in [-0.3, -0.25) is 19.8 Å². The van der Waals surface area contributed by atoms with Crippen LogP contribution in [0.2, 0.25) is 0 Å². The van der Waals surface area contributed by atoms with Gasteiger partial charge in [-0.2, -0.15) is 0 Å². The maximum absolute atomic E-state index is 12.8. The Morgan fingerprint density at radius 3 is 2.56 bits per heavy atom. The number of nitro benzene ring substituents is 1. The summed E-state index contributed by atoms with van der Waals surface area (Å²) in [5.74, 6) is -0.451. The fourth-order valence-corrected chi connectivity index (χ4v) is 2.47. The summed E-state index contributed by atoms with van der Waals surface area (Å²) < 4.78 is 12.8. The highest BCUT2D eigenvalue weighted by Gasteiger charge is 2.15. The summed E-state index contributed by atoms with van der Waals surface area (Å²) in [7, 11) is 1.73. The number of para-hydroxylation sites is 1. The third-order valence-electron chi connectivity index (χ3n) is 3.69. The van der Waals surface area contributed by atoms with Crippen LogP contribution in [0.4, 0.5) is 10.1 Å². The molecule has 25 heavy (non-hydrogen) atoms. The molecule has 1 amide bonds. The number of hydrogen-bond acceptors (Lipinski definition) is 4. The molecule has 0 unspecified atom stereocenters. The van der Waals surface area contributed by atoms with E-state index in [1.807, 2.05) is 0 Å². The first kappa shape index (κ1) is 18.5.